The van der Waals surface area contributed by atoms with Crippen molar-refractivity contribution < 1.29 is 24.2 Å². The highest BCUT2D eigenvalue weighted by Gasteiger charge is 2.26. The van der Waals surface area contributed by atoms with Gasteiger partial charge in [-0.25, -0.2) is 9.59 Å². The molecule has 0 radical (unpaired) electrons. The Balaban J connectivity index is 1.26. The number of esters is 1. The number of ether oxygens (including phenoxy) is 1. The van der Waals surface area contributed by atoms with Gasteiger partial charge in [0, 0.05) is 58.2 Å². The van der Waals surface area contributed by atoms with E-state index >= 15 is 0 Å². The number of carboxylic acid groups (broad SMARTS) is 1. The quantitative estimate of drug-likeness (QED) is 0.0890. The van der Waals surface area contributed by atoms with Gasteiger partial charge in [0.15, 0.2) is 0 Å². The second-order valence-electron chi connectivity index (χ2n) is 11.1. The molecule has 0 spiro atoms. The molecule has 0 aliphatic carbocycles. The maximum Gasteiger partial charge on any atom is 0.328 e. The lowest BCUT2D eigenvalue weighted by Gasteiger charge is -2.21. The lowest BCUT2D eigenvalue weighted by molar-refractivity contribution is -0.142. The van der Waals surface area contributed by atoms with Gasteiger partial charge in [0.2, 0.25) is 0 Å². The number of H-pyrrole nitrogens is 2. The number of carbonyl (C=O) groups is 3. The van der Waals surface area contributed by atoms with Gasteiger partial charge in [-0.15, -0.1) is 0 Å². The predicted molar refractivity (Wildman–Crippen MR) is 185 cm³/mol. The number of methoxy groups -OCH3 is 1. The van der Waals surface area contributed by atoms with E-state index in [-0.39, 0.29) is 12.0 Å². The van der Waals surface area contributed by atoms with Gasteiger partial charge in [0.1, 0.15) is 17.1 Å². The Labute approximate surface area is 276 Å². The number of fused-ring (bicyclic) bond motifs is 2. The SMILES string of the molecule is COC(=O)C(Cc1c[nH]c2ccccc12)NC(=S)c1ccccc1-c1ccccc1C(=O)N[C@@H](Cc1c[nH]c2ccccc12)C(=O)O. The predicted octanol–water partition coefficient (Wildman–Crippen LogP) is 5.79. The summed E-state index contributed by atoms with van der Waals surface area (Å²) < 4.78 is 5.12. The number of aromatic amines is 2. The van der Waals surface area contributed by atoms with Gasteiger partial charge in [-0.05, 0) is 40.5 Å². The van der Waals surface area contributed by atoms with Crippen LogP contribution in [0.2, 0.25) is 0 Å². The number of benzene rings is 4. The zero-order valence-electron chi connectivity index (χ0n) is 25.4. The van der Waals surface area contributed by atoms with E-state index in [1.165, 1.54) is 7.11 Å². The third-order valence-corrected chi connectivity index (χ3v) is 8.56. The van der Waals surface area contributed by atoms with Crippen LogP contribution < -0.4 is 10.6 Å². The molecule has 2 aromatic heterocycles. The van der Waals surface area contributed by atoms with E-state index in [0.29, 0.717) is 28.1 Å². The summed E-state index contributed by atoms with van der Waals surface area (Å²) in [5, 5.41) is 17.9. The summed E-state index contributed by atoms with van der Waals surface area (Å²) >= 11 is 5.85. The molecule has 2 atom stereocenters. The number of amides is 1. The zero-order valence-corrected chi connectivity index (χ0v) is 26.3. The Morgan fingerprint density at radius 2 is 1.19 bits per heavy atom. The summed E-state index contributed by atoms with van der Waals surface area (Å²) in [5.41, 5.74) is 5.67. The van der Waals surface area contributed by atoms with Gasteiger partial charge >= 0.3 is 11.9 Å². The molecule has 0 saturated heterocycles. The van der Waals surface area contributed by atoms with Gasteiger partial charge in [-0.2, -0.15) is 0 Å². The van der Waals surface area contributed by atoms with E-state index in [0.717, 1.165) is 32.9 Å². The number of hydrogen-bond donors (Lipinski definition) is 5. The minimum absolute atomic E-state index is 0.100. The molecule has 47 heavy (non-hydrogen) atoms. The minimum Gasteiger partial charge on any atom is -0.480 e. The topological polar surface area (TPSA) is 136 Å². The molecule has 0 aliphatic rings. The van der Waals surface area contributed by atoms with Gasteiger partial charge in [0.25, 0.3) is 5.91 Å². The van der Waals surface area contributed by atoms with Gasteiger partial charge in [-0.3, -0.25) is 4.79 Å². The largest absolute Gasteiger partial charge is 0.480 e. The van der Waals surface area contributed by atoms with Crippen molar-refractivity contribution in [2.24, 2.45) is 0 Å². The second kappa shape index (κ2) is 13.7. The molecule has 5 N–H and O–H groups in total. The van der Waals surface area contributed by atoms with Crippen molar-refractivity contribution in [2.45, 2.75) is 24.9 Å². The second-order valence-corrected chi connectivity index (χ2v) is 11.5. The Hall–Kier alpha value is -5.74. The molecule has 6 rings (SSSR count). The lowest BCUT2D eigenvalue weighted by atomic mass is 9.94. The van der Waals surface area contributed by atoms with Crippen LogP contribution in [-0.4, -0.2) is 57.1 Å². The van der Waals surface area contributed by atoms with Crippen LogP contribution in [0.4, 0.5) is 0 Å². The Kier molecular flexibility index (Phi) is 9.12. The summed E-state index contributed by atoms with van der Waals surface area (Å²) in [6.45, 7) is 0. The third kappa shape index (κ3) is 6.63. The first-order valence-corrected chi connectivity index (χ1v) is 15.5. The van der Waals surface area contributed by atoms with Crippen molar-refractivity contribution in [1.82, 2.24) is 20.6 Å². The molecule has 0 saturated carbocycles. The van der Waals surface area contributed by atoms with Crippen LogP contribution in [0.15, 0.2) is 109 Å². The molecule has 1 unspecified atom stereocenters. The number of nitrogens with one attached hydrogen (secondary N) is 4. The van der Waals surface area contributed by atoms with Gasteiger partial charge in [0.05, 0.1) is 7.11 Å². The average molecular weight is 645 g/mol. The molecule has 0 aliphatic heterocycles. The number of hydrogen-bond acceptors (Lipinski definition) is 5. The molecule has 1 amide bonds. The molecule has 0 fully saturated rings. The highest BCUT2D eigenvalue weighted by atomic mass is 32.1. The van der Waals surface area contributed by atoms with Gasteiger partial charge in [-0.1, -0.05) is 91.1 Å². The first-order chi connectivity index (χ1) is 22.8. The lowest BCUT2D eigenvalue weighted by Crippen LogP contribution is -2.43. The van der Waals surface area contributed by atoms with Crippen molar-refractivity contribution in [3.8, 4) is 11.1 Å². The molecule has 9 nitrogen and oxygen atoms in total. The van der Waals surface area contributed by atoms with E-state index in [1.807, 2.05) is 79.0 Å². The first-order valence-electron chi connectivity index (χ1n) is 15.0. The third-order valence-electron chi connectivity index (χ3n) is 8.23. The monoisotopic (exact) mass is 644 g/mol. The highest BCUT2D eigenvalue weighted by molar-refractivity contribution is 7.80. The summed E-state index contributed by atoms with van der Waals surface area (Å²) in [6, 6.07) is 27.8. The van der Waals surface area contributed by atoms with Crippen molar-refractivity contribution >= 4 is 56.9 Å². The van der Waals surface area contributed by atoms with Crippen LogP contribution >= 0.6 is 12.2 Å². The van der Waals surface area contributed by atoms with Crippen LogP contribution in [0.5, 0.6) is 0 Å². The summed E-state index contributed by atoms with van der Waals surface area (Å²) in [5.74, 6) is -2.14. The molecule has 4 aromatic carbocycles. The van der Waals surface area contributed by atoms with Crippen LogP contribution in [-0.2, 0) is 27.2 Å². The van der Waals surface area contributed by atoms with E-state index in [9.17, 15) is 19.5 Å². The molecular formula is C37H32N4O5S. The Bertz CT molecular complexity index is 2120. The van der Waals surface area contributed by atoms with Gasteiger partial charge < -0.3 is 30.4 Å². The van der Waals surface area contributed by atoms with Crippen LogP contribution in [0.25, 0.3) is 32.9 Å². The van der Waals surface area contributed by atoms with E-state index < -0.39 is 29.9 Å². The fourth-order valence-corrected chi connectivity index (χ4v) is 6.20. The summed E-state index contributed by atoms with van der Waals surface area (Å²) in [4.78, 5) is 45.6. The minimum atomic E-state index is -1.17. The highest BCUT2D eigenvalue weighted by Crippen LogP contribution is 2.29. The smallest absolute Gasteiger partial charge is 0.328 e. The number of thiocarbonyl (C=S) groups is 1. The first kappa shape index (κ1) is 31.3. The number of aromatic nitrogens is 2. The van der Waals surface area contributed by atoms with Crippen molar-refractivity contribution in [3.05, 3.63) is 132 Å². The normalized spacial score (nSPS) is 12.4. The fraction of sp³-hybridized carbons (Fsp3) is 0.135. The molecular weight excluding hydrogens is 612 g/mol. The fourth-order valence-electron chi connectivity index (χ4n) is 5.88. The van der Waals surface area contributed by atoms with Crippen molar-refractivity contribution in [1.29, 1.82) is 0 Å². The van der Waals surface area contributed by atoms with Crippen molar-refractivity contribution in [3.63, 3.8) is 0 Å². The maximum atomic E-state index is 13.7. The Morgan fingerprint density at radius 1 is 0.702 bits per heavy atom. The van der Waals surface area contributed by atoms with Crippen molar-refractivity contribution in [2.75, 3.05) is 7.11 Å². The van der Waals surface area contributed by atoms with E-state index in [2.05, 4.69) is 20.6 Å². The summed E-state index contributed by atoms with van der Waals surface area (Å²) in [6.07, 6.45) is 4.07. The number of carboxylic acids is 1. The van der Waals surface area contributed by atoms with Crippen LogP contribution in [0.1, 0.15) is 27.0 Å². The zero-order chi connectivity index (χ0) is 32.9. The summed E-state index contributed by atoms with van der Waals surface area (Å²) in [7, 11) is 1.33. The molecule has 2 heterocycles. The number of carbonyl (C=O) groups excluding carboxylic acids is 2. The van der Waals surface area contributed by atoms with Crippen LogP contribution in [0, 0.1) is 0 Å². The van der Waals surface area contributed by atoms with E-state index in [4.69, 9.17) is 17.0 Å². The molecule has 236 valence electrons. The van der Waals surface area contributed by atoms with Crippen LogP contribution in [0.3, 0.4) is 0 Å². The average Bonchev–Trinajstić information content (AvgIpc) is 3.71. The maximum absolute atomic E-state index is 13.7. The molecule has 6 aromatic rings. The number of aliphatic carboxylic acids is 1. The number of para-hydroxylation sites is 2. The van der Waals surface area contributed by atoms with E-state index in [1.54, 1.807) is 30.5 Å². The Morgan fingerprint density at radius 3 is 1.77 bits per heavy atom. The molecule has 10 heteroatoms. The molecule has 0 bridgehead atoms. The standard InChI is InChI=1S/C37H32N4O5S/c1-46-37(45)33(19-23-21-39-31-17-9-7-11-25(23)31)41-35(47)29-15-5-3-13-27(29)26-12-2-4-14-28(26)34(42)40-32(36(43)44)18-22-20-38-30-16-8-6-10-24(22)30/h2-17,20-21,32-33,38-39H,18-19H2,1H3,(H,40,42)(H,41,47)(H,43,44)/t32-,33?/m0/s1. The number of rotatable bonds is 11.